The molecule has 0 saturated heterocycles. The van der Waals surface area contributed by atoms with E-state index in [1.54, 1.807) is 0 Å². The van der Waals surface area contributed by atoms with Crippen LogP contribution in [0.1, 0.15) is 0 Å². The van der Waals surface area contributed by atoms with Gasteiger partial charge in [-0.1, -0.05) is 36.4 Å². The molecule has 0 saturated carbocycles. The van der Waals surface area contributed by atoms with Crippen LogP contribution in [0, 0.1) is 0 Å². The molecule has 0 N–H and O–H groups in total. The normalized spacial score (nSPS) is 11.6. The molecule has 11 rings (SSSR count). The van der Waals surface area contributed by atoms with Gasteiger partial charge in [0.1, 0.15) is 0 Å². The van der Waals surface area contributed by atoms with Crippen LogP contribution in [0.3, 0.4) is 0 Å². The molecule has 2 heterocycles. The van der Waals surface area contributed by atoms with E-state index in [-0.39, 0.29) is 14.5 Å². The van der Waals surface area contributed by atoms with E-state index in [4.69, 9.17) is 0 Å². The Balaban J connectivity index is 1.09. The molecule has 0 atom stereocenters. The quantitative estimate of drug-likeness (QED) is 0.149. The van der Waals surface area contributed by atoms with E-state index < -0.39 is 0 Å². The van der Waals surface area contributed by atoms with Crippen LogP contribution in [0.2, 0.25) is 0 Å². The van der Waals surface area contributed by atoms with Crippen LogP contribution in [0.4, 0.5) is 34.1 Å². The van der Waals surface area contributed by atoms with Crippen LogP contribution < -0.4 is 9.80 Å². The molecule has 3 nitrogen and oxygen atoms in total. The van der Waals surface area contributed by atoms with E-state index in [2.05, 4.69) is 227 Å². The molecule has 0 radical (unpaired) electrons. The topological polar surface area (TPSA) is 11.4 Å². The van der Waals surface area contributed by atoms with Crippen molar-refractivity contribution in [3.8, 4) is 5.69 Å². The first-order valence-corrected chi connectivity index (χ1v) is 20.7. The van der Waals surface area contributed by atoms with Crippen LogP contribution in [0.15, 0.2) is 212 Å². The second kappa shape index (κ2) is 13.5. The summed E-state index contributed by atoms with van der Waals surface area (Å²) in [7, 11) is 0. The summed E-state index contributed by atoms with van der Waals surface area (Å²) in [5, 5.41) is 7.90. The SMILES string of the molecule is c1ccc(N(c2cccc(N(c3ccccc3)c3ccc4c5ccccc5n(-c5ccccc5)c4c3)c2)c2ccc3c(c2)[se]c2c4ccccc4ccc32)cc1. The van der Waals surface area contributed by atoms with Crippen LogP contribution in [-0.4, -0.2) is 19.1 Å². The van der Waals surface area contributed by atoms with Crippen LogP contribution >= 0.6 is 0 Å². The third-order valence-electron chi connectivity index (χ3n) is 10.9. The van der Waals surface area contributed by atoms with Gasteiger partial charge in [0.05, 0.1) is 5.52 Å². The number of benzene rings is 9. The number of hydrogen-bond donors (Lipinski definition) is 0. The van der Waals surface area contributed by atoms with Crippen molar-refractivity contribution >= 4 is 100 Å². The van der Waals surface area contributed by atoms with Crippen molar-refractivity contribution in [3.63, 3.8) is 0 Å². The molecule has 0 spiro atoms. The zero-order valence-corrected chi connectivity index (χ0v) is 32.2. The number of nitrogens with zero attached hydrogens (tertiary/aromatic N) is 3. The van der Waals surface area contributed by atoms with Crippen molar-refractivity contribution in [3.05, 3.63) is 212 Å². The van der Waals surface area contributed by atoms with Crippen molar-refractivity contribution in [1.82, 2.24) is 4.57 Å². The average molecular weight is 781 g/mol. The van der Waals surface area contributed by atoms with E-state index in [9.17, 15) is 0 Å². The molecular weight excluding hydrogens is 746 g/mol. The fraction of sp³-hybridized carbons (Fsp3) is 0. The van der Waals surface area contributed by atoms with Gasteiger partial charge in [-0.15, -0.1) is 0 Å². The Hall–Kier alpha value is -6.84. The summed E-state index contributed by atoms with van der Waals surface area (Å²) < 4.78 is 5.30. The Labute approximate surface area is 331 Å². The zero-order chi connectivity index (χ0) is 37.0. The first-order chi connectivity index (χ1) is 27.8. The van der Waals surface area contributed by atoms with Crippen LogP contribution in [-0.2, 0) is 0 Å². The van der Waals surface area contributed by atoms with E-state index in [1.165, 1.54) is 51.9 Å². The molecule has 0 aliphatic carbocycles. The molecule has 56 heavy (non-hydrogen) atoms. The molecule has 0 unspecified atom stereocenters. The van der Waals surface area contributed by atoms with Crippen LogP contribution in [0.5, 0.6) is 0 Å². The average Bonchev–Trinajstić information content (AvgIpc) is 3.81. The molecular formula is C52H35N3Se. The zero-order valence-electron chi connectivity index (χ0n) is 30.5. The Morgan fingerprint density at radius 3 is 1.55 bits per heavy atom. The molecule has 0 aliphatic rings. The maximum atomic E-state index is 2.43. The molecule has 9 aromatic carbocycles. The maximum absolute atomic E-state index is 2.43. The monoisotopic (exact) mass is 781 g/mol. The first kappa shape index (κ1) is 32.6. The molecule has 264 valence electrons. The Kier molecular flexibility index (Phi) is 7.84. The molecule has 0 bridgehead atoms. The van der Waals surface area contributed by atoms with Gasteiger partial charge in [-0.05, 0) is 18.2 Å². The second-order valence-electron chi connectivity index (χ2n) is 14.2. The summed E-state index contributed by atoms with van der Waals surface area (Å²) in [5.41, 5.74) is 10.2. The van der Waals surface area contributed by atoms with Gasteiger partial charge in [-0.3, -0.25) is 0 Å². The Morgan fingerprint density at radius 2 is 0.839 bits per heavy atom. The summed E-state index contributed by atoms with van der Waals surface area (Å²) in [6.45, 7) is 0. The number of hydrogen-bond acceptors (Lipinski definition) is 2. The third kappa shape index (κ3) is 5.42. The molecule has 11 aromatic rings. The number of fused-ring (bicyclic) bond motifs is 8. The van der Waals surface area contributed by atoms with Gasteiger partial charge in [0, 0.05) is 11.1 Å². The van der Waals surface area contributed by atoms with Gasteiger partial charge in [-0.2, -0.15) is 0 Å². The number of rotatable bonds is 7. The molecule has 0 aliphatic heterocycles. The van der Waals surface area contributed by atoms with E-state index in [1.807, 2.05) is 0 Å². The molecule has 2 aromatic heterocycles. The summed E-state index contributed by atoms with van der Waals surface area (Å²) in [4.78, 5) is 4.78. The minimum atomic E-state index is 0.205. The Bertz CT molecular complexity index is 3200. The van der Waals surface area contributed by atoms with Gasteiger partial charge in [-0.25, -0.2) is 0 Å². The number of anilines is 6. The predicted molar refractivity (Wildman–Crippen MR) is 240 cm³/mol. The molecule has 0 amide bonds. The first-order valence-electron chi connectivity index (χ1n) is 19.0. The third-order valence-corrected chi connectivity index (χ3v) is 13.4. The van der Waals surface area contributed by atoms with Gasteiger partial charge in [0.15, 0.2) is 0 Å². The van der Waals surface area contributed by atoms with Crippen molar-refractivity contribution in [2.24, 2.45) is 0 Å². The van der Waals surface area contributed by atoms with Crippen molar-refractivity contribution in [2.45, 2.75) is 0 Å². The summed E-state index contributed by atoms with van der Waals surface area (Å²) in [6.07, 6.45) is 0. The standard InChI is InChI=1S/C52H35N3Se/c1-4-16-37(17-5-1)53(42-28-31-46-45-25-12-13-26-49(45)55(50(46)34-42)39-20-8-3-9-21-39)40-22-14-23-41(33-40)54(38-18-6-2-7-19-38)43-29-32-47-48-30-27-36-15-10-11-24-44(36)52(48)56-51(47)35-43/h1-35H. The van der Waals surface area contributed by atoms with E-state index in [0.717, 1.165) is 39.8 Å². The predicted octanol–water partition coefficient (Wildman–Crippen LogP) is 14.2. The number of aromatic nitrogens is 1. The van der Waals surface area contributed by atoms with E-state index >= 15 is 0 Å². The van der Waals surface area contributed by atoms with Gasteiger partial charge >= 0.3 is 262 Å². The van der Waals surface area contributed by atoms with E-state index in [0.29, 0.717) is 0 Å². The second-order valence-corrected chi connectivity index (χ2v) is 16.4. The summed E-state index contributed by atoms with van der Waals surface area (Å²) in [6, 6.07) is 77.2. The summed E-state index contributed by atoms with van der Waals surface area (Å²) >= 11 is 0.205. The Morgan fingerprint density at radius 1 is 0.321 bits per heavy atom. The molecule has 4 heteroatoms. The van der Waals surface area contributed by atoms with Gasteiger partial charge < -0.3 is 0 Å². The van der Waals surface area contributed by atoms with Crippen molar-refractivity contribution in [2.75, 3.05) is 9.80 Å². The fourth-order valence-electron chi connectivity index (χ4n) is 8.41. The van der Waals surface area contributed by atoms with Gasteiger partial charge in [0.2, 0.25) is 0 Å². The van der Waals surface area contributed by atoms with Crippen LogP contribution in [0.25, 0.3) is 57.6 Å². The molecule has 0 fully saturated rings. The summed E-state index contributed by atoms with van der Waals surface area (Å²) in [5.74, 6) is 0. The minimum absolute atomic E-state index is 0.205. The van der Waals surface area contributed by atoms with Crippen molar-refractivity contribution < 1.29 is 0 Å². The number of para-hydroxylation sites is 4. The van der Waals surface area contributed by atoms with Gasteiger partial charge in [0.25, 0.3) is 0 Å². The van der Waals surface area contributed by atoms with Crippen molar-refractivity contribution in [1.29, 1.82) is 0 Å². The fourth-order valence-corrected chi connectivity index (χ4v) is 11.1.